The molecule has 5 atom stereocenters. The van der Waals surface area contributed by atoms with Gasteiger partial charge in [0.2, 0.25) is 5.91 Å². The molecule has 8 N–H and O–H groups in total. The van der Waals surface area contributed by atoms with Gasteiger partial charge in [-0.25, -0.2) is 4.79 Å². The van der Waals surface area contributed by atoms with Gasteiger partial charge in [0.05, 0.1) is 17.1 Å². The number of nitrogens with one attached hydrogen (secondary N) is 1. The van der Waals surface area contributed by atoms with Crippen molar-refractivity contribution in [1.29, 1.82) is 0 Å². The quantitative estimate of drug-likeness (QED) is 0.142. The summed E-state index contributed by atoms with van der Waals surface area (Å²) in [7, 11) is 3.57. The second-order valence-electron chi connectivity index (χ2n) is 11.4. The molecular weight excluding hydrogens is 518 g/mol. The highest BCUT2D eigenvalue weighted by Gasteiger charge is 2.72. The van der Waals surface area contributed by atoms with E-state index < -0.39 is 29.3 Å². The van der Waals surface area contributed by atoms with Crippen molar-refractivity contribution in [2.45, 2.75) is 67.7 Å². The third-order valence-corrected chi connectivity index (χ3v) is 9.07. The average Bonchev–Trinajstić information content (AvgIpc) is 3.27. The second-order valence-corrected chi connectivity index (χ2v) is 11.4. The number of hydrogen-bond donors (Lipinski definition) is 5. The van der Waals surface area contributed by atoms with Gasteiger partial charge in [0.25, 0.3) is 0 Å². The summed E-state index contributed by atoms with van der Waals surface area (Å²) in [5.41, 5.74) is 16.4. The minimum absolute atomic E-state index is 0.00729. The van der Waals surface area contributed by atoms with Crippen molar-refractivity contribution >= 4 is 23.7 Å². The van der Waals surface area contributed by atoms with Crippen LogP contribution in [0, 0.1) is 0 Å². The number of nitrogens with two attached hydrogens (primary N) is 3. The van der Waals surface area contributed by atoms with Crippen molar-refractivity contribution < 1.29 is 29.0 Å². The highest BCUT2D eigenvalue weighted by molar-refractivity contribution is 5.90. The summed E-state index contributed by atoms with van der Waals surface area (Å²) in [5.74, 6) is 0.224. The number of ether oxygens (including phenoxy) is 2. The molecule has 0 unspecified atom stereocenters. The monoisotopic (exact) mass is 557 g/mol. The van der Waals surface area contributed by atoms with E-state index in [1.54, 1.807) is 13.1 Å². The van der Waals surface area contributed by atoms with E-state index in [0.717, 1.165) is 17.7 Å². The van der Waals surface area contributed by atoms with Crippen molar-refractivity contribution in [1.82, 2.24) is 15.1 Å². The number of nitrogens with zero attached hydrogens (tertiary/aromatic N) is 3. The van der Waals surface area contributed by atoms with E-state index >= 15 is 0 Å². The van der Waals surface area contributed by atoms with Crippen LogP contribution in [0.4, 0.5) is 4.79 Å². The Bertz CT molecular complexity index is 1240. The zero-order valence-corrected chi connectivity index (χ0v) is 23.0. The highest BCUT2D eigenvalue weighted by Crippen LogP contribution is 2.64. The molecule has 1 spiro atoms. The second kappa shape index (κ2) is 10.5. The molecule has 2 amide bonds. The fourth-order valence-corrected chi connectivity index (χ4v) is 7.00. The summed E-state index contributed by atoms with van der Waals surface area (Å²) < 4.78 is 12.0. The smallest absolute Gasteiger partial charge is 0.415 e. The van der Waals surface area contributed by atoms with Gasteiger partial charge in [0.1, 0.15) is 0 Å². The summed E-state index contributed by atoms with van der Waals surface area (Å²) in [6.07, 6.45) is 1.39. The summed E-state index contributed by atoms with van der Waals surface area (Å²) in [6, 6.07) is 2.78. The van der Waals surface area contributed by atoms with Crippen LogP contribution >= 0.6 is 0 Å². The first-order valence-corrected chi connectivity index (χ1v) is 13.8. The van der Waals surface area contributed by atoms with Gasteiger partial charge < -0.3 is 46.9 Å². The van der Waals surface area contributed by atoms with Gasteiger partial charge in [-0.3, -0.25) is 14.6 Å². The van der Waals surface area contributed by atoms with Crippen LogP contribution < -0.4 is 32.0 Å². The van der Waals surface area contributed by atoms with Gasteiger partial charge in [-0.05, 0) is 57.3 Å². The van der Waals surface area contributed by atoms with Crippen molar-refractivity contribution in [2.24, 2.45) is 22.2 Å². The minimum Gasteiger partial charge on any atom is -0.477 e. The third kappa shape index (κ3) is 4.45. The van der Waals surface area contributed by atoms with E-state index in [2.05, 4.69) is 15.2 Å². The first-order valence-electron chi connectivity index (χ1n) is 13.8. The summed E-state index contributed by atoms with van der Waals surface area (Å²) >= 11 is 0. The number of hydrogen-bond acceptors (Lipinski definition) is 9. The number of amides is 2. The Morgan fingerprint density at radius 3 is 2.88 bits per heavy atom. The Hall–Kier alpha value is -3.42. The number of rotatable bonds is 9. The topological polar surface area (TPSA) is 199 Å². The van der Waals surface area contributed by atoms with Crippen LogP contribution in [0.3, 0.4) is 0 Å². The highest BCUT2D eigenvalue weighted by atomic mass is 16.6. The summed E-state index contributed by atoms with van der Waals surface area (Å²) in [5, 5.41) is 14.8. The lowest BCUT2D eigenvalue weighted by Crippen LogP contribution is -2.76. The maximum Gasteiger partial charge on any atom is 0.415 e. The molecule has 13 heteroatoms. The van der Waals surface area contributed by atoms with E-state index in [9.17, 15) is 19.5 Å². The van der Waals surface area contributed by atoms with Crippen LogP contribution in [0.2, 0.25) is 0 Å². The lowest BCUT2D eigenvalue weighted by Gasteiger charge is -2.62. The van der Waals surface area contributed by atoms with Crippen LogP contribution in [0.25, 0.3) is 0 Å². The number of guanidine groups is 1. The molecule has 5 rings (SSSR count). The van der Waals surface area contributed by atoms with E-state index in [-0.39, 0.29) is 49.0 Å². The van der Waals surface area contributed by atoms with Crippen molar-refractivity contribution in [3.05, 3.63) is 23.3 Å². The number of piperidine rings is 1. The molecule has 0 aromatic heterocycles. The Morgan fingerprint density at radius 2 is 2.12 bits per heavy atom. The number of carbonyl (C=O) groups excluding carboxylic acids is 3. The number of likely N-dealkylation sites (N-methyl/N-ethyl adjacent to an activating group) is 2. The fourth-order valence-electron chi connectivity index (χ4n) is 7.00. The van der Waals surface area contributed by atoms with Gasteiger partial charge in [0, 0.05) is 44.7 Å². The van der Waals surface area contributed by atoms with Gasteiger partial charge in [-0.1, -0.05) is 6.07 Å². The number of benzene rings is 1. The molecule has 2 fully saturated rings. The van der Waals surface area contributed by atoms with Crippen molar-refractivity contribution in [2.75, 3.05) is 40.3 Å². The number of carbonyl (C=O) groups is 3. The van der Waals surface area contributed by atoms with E-state index in [4.69, 9.17) is 26.7 Å². The van der Waals surface area contributed by atoms with Gasteiger partial charge in [0.15, 0.2) is 29.3 Å². The van der Waals surface area contributed by atoms with Gasteiger partial charge in [-0.15, -0.1) is 0 Å². The van der Waals surface area contributed by atoms with Crippen LogP contribution in [-0.4, -0.2) is 103 Å². The molecule has 2 aliphatic carbocycles. The van der Waals surface area contributed by atoms with Crippen molar-refractivity contribution in [3.63, 3.8) is 0 Å². The Kier molecular flexibility index (Phi) is 7.40. The fraction of sp³-hybridized carbons (Fsp3) is 0.630. The maximum absolute atomic E-state index is 13.1. The van der Waals surface area contributed by atoms with Gasteiger partial charge in [-0.2, -0.15) is 0 Å². The molecule has 1 saturated carbocycles. The molecule has 2 aliphatic heterocycles. The average molecular weight is 558 g/mol. The lowest BCUT2D eigenvalue weighted by molar-refractivity contribution is -0.185. The zero-order chi connectivity index (χ0) is 28.8. The predicted molar refractivity (Wildman–Crippen MR) is 146 cm³/mol. The Morgan fingerprint density at radius 1 is 1.35 bits per heavy atom. The zero-order valence-electron chi connectivity index (χ0n) is 23.0. The van der Waals surface area contributed by atoms with Crippen LogP contribution in [0.1, 0.15) is 43.2 Å². The first kappa shape index (κ1) is 28.1. The summed E-state index contributed by atoms with van der Waals surface area (Å²) in [6.45, 7) is 1.49. The molecule has 13 nitrogen and oxygen atoms in total. The van der Waals surface area contributed by atoms with Crippen molar-refractivity contribution in [3.8, 4) is 11.5 Å². The molecule has 1 aromatic carbocycles. The van der Waals surface area contributed by atoms with Gasteiger partial charge >= 0.3 is 6.09 Å². The molecule has 0 radical (unpaired) electrons. The molecule has 218 valence electrons. The third-order valence-electron chi connectivity index (χ3n) is 9.07. The molecule has 2 heterocycles. The predicted octanol–water partition coefficient (Wildman–Crippen LogP) is -1.03. The van der Waals surface area contributed by atoms with E-state index in [1.165, 1.54) is 4.90 Å². The van der Waals surface area contributed by atoms with E-state index in [1.807, 2.05) is 13.1 Å². The minimum atomic E-state index is -1.10. The lowest BCUT2D eigenvalue weighted by atomic mass is 9.49. The normalized spacial score (nSPS) is 28.6. The number of aliphatic imine (C=N–C) groups is 1. The Labute approximate surface area is 233 Å². The number of likely N-dealkylation sites (tertiary alicyclic amines) is 1. The first-order chi connectivity index (χ1) is 19.0. The summed E-state index contributed by atoms with van der Waals surface area (Å²) in [4.78, 5) is 45.7. The molecule has 1 aromatic rings. The molecule has 2 bridgehead atoms. The molecular formula is C27H39N7O6. The number of aliphatic hydroxyl groups is 1. The van der Waals surface area contributed by atoms with Crippen LogP contribution in [-0.2, 0) is 21.4 Å². The molecule has 40 heavy (non-hydrogen) atoms. The number of Topliss-reactive ketones (excluding diaryl/α,β-unsaturated/α-hetero) is 1. The maximum atomic E-state index is 13.1. The largest absolute Gasteiger partial charge is 0.477 e. The standard InChI is InChI=1S/C27H39N7O6/c1-33-12-9-26-20-15-5-6-18(21(20)40-22(26)17(35)7-8-27(26,38)19(33)14-15)39-25(37)34(2)13-11-31-23(36)16(28)4-3-10-32-24(29)30/h5-6,16,19,22,38H,3-4,7-14,28H2,1-2H3,(H,31,36)(H4,29,30,32)/t16-,19+,22-,26-,27+/m0/s1. The number of ketones is 1. The van der Waals surface area contributed by atoms with E-state index in [0.29, 0.717) is 44.4 Å². The Balaban J connectivity index is 1.24. The van der Waals surface area contributed by atoms with Crippen LogP contribution in [0.5, 0.6) is 11.5 Å². The SMILES string of the molecule is CN(CCNC(=O)[C@@H](N)CCCN=C(N)N)C(=O)Oc1ccc2c3c1O[C@H]1C(=O)CC[C@@]4(O)[C@@H](C2)N(C)CC[C@]314. The molecule has 1 saturated heterocycles. The van der Waals surface area contributed by atoms with Crippen LogP contribution in [0.15, 0.2) is 17.1 Å². The molecule has 4 aliphatic rings.